The molecule has 0 aromatic rings. The van der Waals surface area contributed by atoms with E-state index in [4.69, 9.17) is 9.42 Å². The lowest BCUT2D eigenvalue weighted by molar-refractivity contribution is 0.378. The summed E-state index contributed by atoms with van der Waals surface area (Å²) in [5.41, 5.74) is 7.10. The van der Waals surface area contributed by atoms with Gasteiger partial charge in [-0.25, -0.2) is 4.57 Å². The molecule has 0 radical (unpaired) electrons. The van der Waals surface area contributed by atoms with Crippen molar-refractivity contribution in [3.63, 3.8) is 0 Å². The molecule has 0 aromatic heterocycles. The zero-order chi connectivity index (χ0) is 12.6. The molecule has 1 atom stereocenters. The van der Waals surface area contributed by atoms with Gasteiger partial charge in [0.25, 0.3) is 0 Å². The molecule has 0 rings (SSSR count). The van der Waals surface area contributed by atoms with Gasteiger partial charge < -0.3 is 9.42 Å². The molecule has 92 valence electrons. The predicted octanol–water partition coefficient (Wildman–Crippen LogP) is 1.37. The normalized spacial score (nSPS) is 12.8. The van der Waals surface area contributed by atoms with Crippen molar-refractivity contribution in [2.45, 2.75) is 27.7 Å². The van der Waals surface area contributed by atoms with E-state index in [0.717, 1.165) is 0 Å². The van der Waals surface area contributed by atoms with E-state index in [1.165, 1.54) is 22.2 Å². The van der Waals surface area contributed by atoms with E-state index in [9.17, 15) is 4.57 Å². The first kappa shape index (κ1) is 15.6. The van der Waals surface area contributed by atoms with Crippen LogP contribution in [0.4, 0.5) is 0 Å². The molecule has 1 unspecified atom stereocenters. The van der Waals surface area contributed by atoms with Crippen LogP contribution in [-0.2, 0) is 9.09 Å². The van der Waals surface area contributed by atoms with Gasteiger partial charge in [0.15, 0.2) is 0 Å². The minimum atomic E-state index is -2.83. The molecule has 0 heterocycles. The molecule has 0 bridgehead atoms. The van der Waals surface area contributed by atoms with Crippen LogP contribution < -0.4 is 0 Å². The van der Waals surface area contributed by atoms with Crippen molar-refractivity contribution in [1.29, 1.82) is 0 Å². The van der Waals surface area contributed by atoms with Gasteiger partial charge in [-0.05, 0) is 27.7 Å². The lowest BCUT2D eigenvalue weighted by atomic mass is 10.4. The van der Waals surface area contributed by atoms with Gasteiger partial charge in [-0.1, -0.05) is 27.4 Å². The largest absolute Gasteiger partial charge is 0.435 e. The van der Waals surface area contributed by atoms with E-state index in [-0.39, 0.29) is 0 Å². The summed E-state index contributed by atoms with van der Waals surface area (Å²) in [4.78, 5) is 9.91. The minimum Gasteiger partial charge on any atom is -0.435 e. The molecule has 0 saturated carbocycles. The zero-order valence-electron chi connectivity index (χ0n) is 10.4. The van der Waals surface area contributed by atoms with Crippen LogP contribution in [0.25, 0.3) is 0 Å². The summed E-state index contributed by atoms with van der Waals surface area (Å²) in [5, 5.41) is 0. The fourth-order valence-electron chi connectivity index (χ4n) is 0.984. The SMILES string of the molecule is CC(C)=C[SiH2]C(=CO[PH](=O)O)[SiH2]C=C(C)C. The number of hydrogen-bond donors (Lipinski definition) is 1. The molecule has 0 spiro atoms. The van der Waals surface area contributed by atoms with E-state index in [2.05, 4.69) is 39.1 Å². The van der Waals surface area contributed by atoms with E-state index < -0.39 is 27.3 Å². The fraction of sp³-hybridized carbons (Fsp3) is 0.400. The van der Waals surface area contributed by atoms with Crippen LogP contribution in [0.1, 0.15) is 27.7 Å². The highest BCUT2D eigenvalue weighted by atomic mass is 31.1. The molecule has 0 aromatic carbocycles. The zero-order valence-corrected chi connectivity index (χ0v) is 14.2. The Hall–Kier alpha value is -0.356. The van der Waals surface area contributed by atoms with Gasteiger partial charge in [-0.2, -0.15) is 0 Å². The molecule has 0 aliphatic carbocycles. The van der Waals surface area contributed by atoms with Gasteiger partial charge in [0.1, 0.15) is 0 Å². The Morgan fingerprint density at radius 3 is 1.88 bits per heavy atom. The highest BCUT2D eigenvalue weighted by Gasteiger charge is 1.97. The number of rotatable bonds is 6. The van der Waals surface area contributed by atoms with E-state index in [1.54, 1.807) is 0 Å². The maximum absolute atomic E-state index is 10.5. The van der Waals surface area contributed by atoms with Crippen LogP contribution >= 0.6 is 8.25 Å². The number of hydrogen-bond acceptors (Lipinski definition) is 2. The predicted molar refractivity (Wildman–Crippen MR) is 76.3 cm³/mol. The second-order valence-electron chi connectivity index (χ2n) is 4.13. The quantitative estimate of drug-likeness (QED) is 0.453. The summed E-state index contributed by atoms with van der Waals surface area (Å²) in [7, 11) is -3.73. The molecule has 0 saturated heterocycles. The van der Waals surface area contributed by atoms with Crippen LogP contribution in [0.15, 0.2) is 33.6 Å². The smallest absolute Gasteiger partial charge is 0.364 e. The van der Waals surface area contributed by atoms with Crippen LogP contribution in [0.5, 0.6) is 0 Å². The monoisotopic (exact) mass is 276 g/mol. The second kappa shape index (κ2) is 8.76. The molecular weight excluding hydrogens is 255 g/mol. The lowest BCUT2D eigenvalue weighted by Gasteiger charge is -2.02. The summed E-state index contributed by atoms with van der Waals surface area (Å²) >= 11 is 0. The Labute approximate surface area is 103 Å². The maximum Gasteiger partial charge on any atom is 0.364 e. The molecular formula is C10H21O3PSi2. The first-order valence-electron chi connectivity index (χ1n) is 5.26. The van der Waals surface area contributed by atoms with Gasteiger partial charge in [0, 0.05) is 0 Å². The molecule has 1 N–H and O–H groups in total. The van der Waals surface area contributed by atoms with Crippen molar-refractivity contribution in [2.75, 3.05) is 0 Å². The first-order chi connectivity index (χ1) is 7.41. The third-order valence-electron chi connectivity index (χ3n) is 1.87. The van der Waals surface area contributed by atoms with Crippen molar-refractivity contribution >= 4 is 27.3 Å². The first-order valence-corrected chi connectivity index (χ1v) is 9.57. The highest BCUT2D eigenvalue weighted by molar-refractivity contribution is 7.32. The maximum atomic E-state index is 10.5. The van der Waals surface area contributed by atoms with Crippen molar-refractivity contribution in [2.24, 2.45) is 0 Å². The van der Waals surface area contributed by atoms with Crippen molar-refractivity contribution in [3.05, 3.63) is 33.6 Å². The van der Waals surface area contributed by atoms with E-state index >= 15 is 0 Å². The summed E-state index contributed by atoms with van der Waals surface area (Å²) in [6, 6.07) is 0. The lowest BCUT2D eigenvalue weighted by Crippen LogP contribution is -2.02. The van der Waals surface area contributed by atoms with Crippen LogP contribution in [0.3, 0.4) is 0 Å². The Morgan fingerprint density at radius 2 is 1.56 bits per heavy atom. The third kappa shape index (κ3) is 10.2. The van der Waals surface area contributed by atoms with Gasteiger partial charge >= 0.3 is 8.25 Å². The van der Waals surface area contributed by atoms with Crippen LogP contribution in [-0.4, -0.2) is 23.9 Å². The molecule has 6 heteroatoms. The van der Waals surface area contributed by atoms with Crippen LogP contribution in [0, 0.1) is 0 Å². The van der Waals surface area contributed by atoms with Crippen molar-refractivity contribution in [1.82, 2.24) is 0 Å². The Kier molecular flexibility index (Phi) is 8.56. The summed E-state index contributed by atoms with van der Waals surface area (Å²) in [5.74, 6) is 0. The molecule has 0 aliphatic rings. The van der Waals surface area contributed by atoms with Gasteiger partial charge in [0.2, 0.25) is 0 Å². The Bertz CT molecular complexity index is 305. The molecule has 16 heavy (non-hydrogen) atoms. The van der Waals surface area contributed by atoms with Gasteiger partial charge in [-0.15, -0.1) is 0 Å². The van der Waals surface area contributed by atoms with Crippen molar-refractivity contribution in [3.8, 4) is 0 Å². The molecule has 0 fully saturated rings. The second-order valence-corrected chi connectivity index (χ2v) is 9.35. The Morgan fingerprint density at radius 1 is 1.12 bits per heavy atom. The van der Waals surface area contributed by atoms with E-state index in [0.29, 0.717) is 0 Å². The number of allylic oxidation sites excluding steroid dienone is 2. The summed E-state index contributed by atoms with van der Waals surface area (Å²) in [6.07, 6.45) is 1.53. The van der Waals surface area contributed by atoms with Gasteiger partial charge in [0.05, 0.1) is 25.3 Å². The van der Waals surface area contributed by atoms with E-state index in [1.807, 2.05) is 0 Å². The van der Waals surface area contributed by atoms with Crippen molar-refractivity contribution < 1.29 is 14.0 Å². The summed E-state index contributed by atoms with van der Waals surface area (Å²) < 4.78 is 15.2. The Balaban J connectivity index is 4.50. The average Bonchev–Trinajstić information content (AvgIpc) is 2.15. The highest BCUT2D eigenvalue weighted by Crippen LogP contribution is 2.15. The minimum absolute atomic E-state index is 0.451. The van der Waals surface area contributed by atoms with Crippen LogP contribution in [0.2, 0.25) is 0 Å². The molecule has 3 nitrogen and oxygen atoms in total. The standard InChI is InChI=1S/C10H21O3PSi2/c1-8(2)6-15-10(5-13-14(11)12)16-7-9(3)4/h5-7,14H,15-16H2,1-4H3,(H,11,12). The summed E-state index contributed by atoms with van der Waals surface area (Å²) in [6.45, 7) is 8.29. The average molecular weight is 276 g/mol. The molecule has 0 amide bonds. The van der Waals surface area contributed by atoms with Gasteiger partial charge in [-0.3, -0.25) is 0 Å². The third-order valence-corrected chi connectivity index (χ3v) is 7.35. The fourth-order valence-corrected chi connectivity index (χ4v) is 4.82. The topological polar surface area (TPSA) is 46.5 Å². The molecule has 0 aliphatic heterocycles.